The molecule has 0 spiro atoms. The summed E-state index contributed by atoms with van der Waals surface area (Å²) >= 11 is 5.03. The Bertz CT molecular complexity index is 766. The van der Waals surface area contributed by atoms with E-state index in [4.69, 9.17) is 17.0 Å². The summed E-state index contributed by atoms with van der Waals surface area (Å²) < 4.78 is 5.55. The van der Waals surface area contributed by atoms with E-state index >= 15 is 0 Å². The topological polar surface area (TPSA) is 79.5 Å². The third-order valence-corrected chi connectivity index (χ3v) is 3.55. The van der Waals surface area contributed by atoms with Gasteiger partial charge in [0.2, 0.25) is 5.91 Å². The van der Waals surface area contributed by atoms with Gasteiger partial charge in [0.05, 0.1) is 18.6 Å². The van der Waals surface area contributed by atoms with Gasteiger partial charge < -0.3 is 10.1 Å². The lowest BCUT2D eigenvalue weighted by Crippen LogP contribution is -2.48. The Morgan fingerprint density at radius 1 is 1.00 bits per heavy atom. The highest BCUT2D eigenvalue weighted by molar-refractivity contribution is 7.80. The first-order chi connectivity index (χ1) is 12.6. The van der Waals surface area contributed by atoms with Crippen molar-refractivity contribution in [2.24, 2.45) is 0 Å². The molecule has 2 amide bonds. The van der Waals surface area contributed by atoms with Crippen molar-refractivity contribution < 1.29 is 14.3 Å². The summed E-state index contributed by atoms with van der Waals surface area (Å²) in [7, 11) is 0. The van der Waals surface area contributed by atoms with E-state index < -0.39 is 5.91 Å². The molecule has 0 fully saturated rings. The molecule has 0 aliphatic rings. The molecule has 0 radical (unpaired) electrons. The van der Waals surface area contributed by atoms with Crippen LogP contribution in [0.5, 0.6) is 5.75 Å². The Labute approximate surface area is 157 Å². The number of ether oxygens (including phenoxy) is 1. The fraction of sp³-hybridized carbons (Fsp3) is 0.211. The van der Waals surface area contributed by atoms with Crippen molar-refractivity contribution in [1.82, 2.24) is 16.2 Å². The second-order valence-electron chi connectivity index (χ2n) is 5.46. The minimum absolute atomic E-state index is 0.0197. The van der Waals surface area contributed by atoms with E-state index in [0.717, 1.165) is 12.0 Å². The van der Waals surface area contributed by atoms with Crippen molar-refractivity contribution in [2.45, 2.75) is 19.8 Å². The predicted octanol–water partition coefficient (Wildman–Crippen LogP) is 2.35. The smallest absolute Gasteiger partial charge is 0.273 e. The Kier molecular flexibility index (Phi) is 7.57. The SMILES string of the molecule is CCCOc1ccccc1C(=O)NNC(=S)NC(=O)Cc1ccccc1. The molecule has 0 unspecified atom stereocenters. The van der Waals surface area contributed by atoms with Gasteiger partial charge in [-0.3, -0.25) is 20.4 Å². The number of para-hydroxylation sites is 1. The van der Waals surface area contributed by atoms with E-state index in [1.165, 1.54) is 0 Å². The first-order valence-corrected chi connectivity index (χ1v) is 8.67. The zero-order chi connectivity index (χ0) is 18.8. The number of carbonyl (C=O) groups excluding carboxylic acids is 2. The molecule has 2 aromatic carbocycles. The van der Waals surface area contributed by atoms with E-state index in [0.29, 0.717) is 17.9 Å². The molecular weight excluding hydrogens is 350 g/mol. The zero-order valence-corrected chi connectivity index (χ0v) is 15.3. The van der Waals surface area contributed by atoms with E-state index in [9.17, 15) is 9.59 Å². The van der Waals surface area contributed by atoms with Gasteiger partial charge in [-0.25, -0.2) is 0 Å². The van der Waals surface area contributed by atoms with Crippen LogP contribution in [0.2, 0.25) is 0 Å². The van der Waals surface area contributed by atoms with E-state index in [-0.39, 0.29) is 17.4 Å². The molecule has 0 heterocycles. The van der Waals surface area contributed by atoms with Gasteiger partial charge in [0.1, 0.15) is 5.75 Å². The van der Waals surface area contributed by atoms with Gasteiger partial charge in [-0.15, -0.1) is 0 Å². The summed E-state index contributed by atoms with van der Waals surface area (Å²) in [6.45, 7) is 2.51. The van der Waals surface area contributed by atoms with Crippen molar-refractivity contribution in [2.75, 3.05) is 6.61 Å². The average molecular weight is 371 g/mol. The molecule has 0 bridgehead atoms. The number of carbonyl (C=O) groups is 2. The highest BCUT2D eigenvalue weighted by atomic mass is 32.1. The molecule has 0 aliphatic carbocycles. The number of thiocarbonyl (C=S) groups is 1. The second-order valence-corrected chi connectivity index (χ2v) is 5.87. The van der Waals surface area contributed by atoms with Gasteiger partial charge in [-0.2, -0.15) is 0 Å². The quantitative estimate of drug-likeness (QED) is 0.537. The van der Waals surface area contributed by atoms with Crippen molar-refractivity contribution in [3.63, 3.8) is 0 Å². The van der Waals surface area contributed by atoms with Crippen LogP contribution >= 0.6 is 12.2 Å². The van der Waals surface area contributed by atoms with Crippen molar-refractivity contribution in [1.29, 1.82) is 0 Å². The number of amides is 2. The molecular formula is C19H21N3O3S. The fourth-order valence-electron chi connectivity index (χ4n) is 2.16. The molecule has 0 atom stereocenters. The van der Waals surface area contributed by atoms with Crippen LogP contribution in [0.1, 0.15) is 29.3 Å². The van der Waals surface area contributed by atoms with E-state index in [1.807, 2.05) is 37.3 Å². The summed E-state index contributed by atoms with van der Waals surface area (Å²) in [5.74, 6) is -0.182. The van der Waals surface area contributed by atoms with Crippen LogP contribution in [0.4, 0.5) is 0 Å². The van der Waals surface area contributed by atoms with Gasteiger partial charge in [0, 0.05) is 0 Å². The average Bonchev–Trinajstić information content (AvgIpc) is 2.65. The Morgan fingerprint density at radius 2 is 1.69 bits per heavy atom. The molecule has 0 saturated carbocycles. The van der Waals surface area contributed by atoms with Crippen LogP contribution < -0.4 is 20.9 Å². The van der Waals surface area contributed by atoms with Crippen LogP contribution in [0.3, 0.4) is 0 Å². The first-order valence-electron chi connectivity index (χ1n) is 8.26. The number of hydrazine groups is 1. The minimum atomic E-state index is -0.406. The third-order valence-electron chi connectivity index (χ3n) is 3.34. The molecule has 0 aromatic heterocycles. The predicted molar refractivity (Wildman–Crippen MR) is 104 cm³/mol. The summed E-state index contributed by atoms with van der Waals surface area (Å²) in [5, 5.41) is 2.54. The van der Waals surface area contributed by atoms with Gasteiger partial charge in [0.25, 0.3) is 5.91 Å². The molecule has 136 valence electrons. The second kappa shape index (κ2) is 10.1. The fourth-order valence-corrected chi connectivity index (χ4v) is 2.32. The van der Waals surface area contributed by atoms with Gasteiger partial charge in [-0.1, -0.05) is 49.4 Å². The highest BCUT2D eigenvalue weighted by Crippen LogP contribution is 2.17. The maximum absolute atomic E-state index is 12.3. The lowest BCUT2D eigenvalue weighted by Gasteiger charge is -2.13. The molecule has 6 nitrogen and oxygen atoms in total. The number of hydrogen-bond acceptors (Lipinski definition) is 4. The largest absolute Gasteiger partial charge is 0.493 e. The molecule has 26 heavy (non-hydrogen) atoms. The minimum Gasteiger partial charge on any atom is -0.493 e. The molecule has 2 rings (SSSR count). The molecule has 0 saturated heterocycles. The van der Waals surface area contributed by atoms with Crippen molar-refractivity contribution in [3.8, 4) is 5.75 Å². The molecule has 3 N–H and O–H groups in total. The maximum Gasteiger partial charge on any atom is 0.273 e. The summed E-state index contributed by atoms with van der Waals surface area (Å²) in [6.07, 6.45) is 1.04. The number of rotatable bonds is 6. The highest BCUT2D eigenvalue weighted by Gasteiger charge is 2.12. The van der Waals surface area contributed by atoms with Crippen LogP contribution in [0, 0.1) is 0 Å². The van der Waals surface area contributed by atoms with E-state index in [2.05, 4.69) is 16.2 Å². The first kappa shape index (κ1) is 19.4. The van der Waals surface area contributed by atoms with Gasteiger partial charge >= 0.3 is 0 Å². The monoisotopic (exact) mass is 371 g/mol. The maximum atomic E-state index is 12.3. The lowest BCUT2D eigenvalue weighted by atomic mass is 10.1. The zero-order valence-electron chi connectivity index (χ0n) is 14.5. The standard InChI is InChI=1S/C19H21N3O3S/c1-2-12-25-16-11-7-6-10-15(16)18(24)21-22-19(26)20-17(23)13-14-8-4-3-5-9-14/h3-11H,2,12-13H2,1H3,(H,21,24)(H2,20,22,23,26). The number of hydrogen-bond donors (Lipinski definition) is 3. The Hall–Kier alpha value is -2.93. The van der Waals surface area contributed by atoms with Crippen molar-refractivity contribution in [3.05, 3.63) is 65.7 Å². The van der Waals surface area contributed by atoms with Gasteiger partial charge in [-0.05, 0) is 36.3 Å². The Morgan fingerprint density at radius 3 is 2.42 bits per heavy atom. The Balaban J connectivity index is 1.83. The van der Waals surface area contributed by atoms with Gasteiger partial charge in [0.15, 0.2) is 5.11 Å². The molecule has 2 aromatic rings. The summed E-state index contributed by atoms with van der Waals surface area (Å²) in [4.78, 5) is 24.2. The van der Waals surface area contributed by atoms with Crippen molar-refractivity contribution >= 4 is 29.1 Å². The number of nitrogens with one attached hydrogen (secondary N) is 3. The summed E-state index contributed by atoms with van der Waals surface area (Å²) in [5.41, 5.74) is 6.24. The lowest BCUT2D eigenvalue weighted by molar-refractivity contribution is -0.119. The van der Waals surface area contributed by atoms with Crippen LogP contribution in [0.15, 0.2) is 54.6 Å². The molecule has 7 heteroatoms. The third kappa shape index (κ3) is 6.18. The normalized spacial score (nSPS) is 9.88. The number of benzene rings is 2. The summed E-state index contributed by atoms with van der Waals surface area (Å²) in [6, 6.07) is 16.2. The van der Waals surface area contributed by atoms with Crippen LogP contribution in [-0.4, -0.2) is 23.5 Å². The molecule has 0 aliphatic heterocycles. The van der Waals surface area contributed by atoms with Crippen LogP contribution in [-0.2, 0) is 11.2 Å². The van der Waals surface area contributed by atoms with E-state index in [1.54, 1.807) is 24.3 Å². The van der Waals surface area contributed by atoms with Crippen LogP contribution in [0.25, 0.3) is 0 Å².